The van der Waals surface area contributed by atoms with Crippen molar-refractivity contribution in [3.05, 3.63) is 58.1 Å². The van der Waals surface area contributed by atoms with Gasteiger partial charge in [0.2, 0.25) is 5.95 Å². The molecule has 2 aliphatic heterocycles. The standard InChI is InChI=1S/C20H19ClFN3O/c21-17-9-12(3-5-14(17)11-1-2-11)24-20(26)25-13-4-6-18(25)15-7-8-23-19(22)16(15)10-13/h3,5,7-9,11,13,18H,1-2,4,6,10H2,(H,24,26)/t13-,18+/m0/s1. The van der Waals surface area contributed by atoms with Gasteiger partial charge in [-0.3, -0.25) is 0 Å². The van der Waals surface area contributed by atoms with Crippen LogP contribution in [0.3, 0.4) is 0 Å². The molecule has 2 fully saturated rings. The number of nitrogens with one attached hydrogen (secondary N) is 1. The third-order valence-corrected chi connectivity index (χ3v) is 6.17. The summed E-state index contributed by atoms with van der Waals surface area (Å²) in [5, 5.41) is 3.69. The Morgan fingerprint density at radius 2 is 2.04 bits per heavy atom. The van der Waals surface area contributed by atoms with E-state index >= 15 is 0 Å². The molecule has 3 aliphatic rings. The number of urea groups is 1. The molecule has 2 aromatic rings. The summed E-state index contributed by atoms with van der Waals surface area (Å²) in [5.74, 6) is 0.173. The number of carbonyl (C=O) groups is 1. The van der Waals surface area contributed by atoms with Gasteiger partial charge in [0.1, 0.15) is 0 Å². The van der Waals surface area contributed by atoms with E-state index in [4.69, 9.17) is 11.6 Å². The van der Waals surface area contributed by atoms with E-state index in [-0.39, 0.29) is 18.1 Å². The summed E-state index contributed by atoms with van der Waals surface area (Å²) in [4.78, 5) is 18.6. The number of rotatable bonds is 2. The van der Waals surface area contributed by atoms with Gasteiger partial charge in [0.05, 0.1) is 6.04 Å². The molecule has 1 saturated heterocycles. The van der Waals surface area contributed by atoms with E-state index in [1.165, 1.54) is 24.6 Å². The molecule has 1 saturated carbocycles. The number of anilines is 1. The Hall–Kier alpha value is -2.14. The first-order valence-electron chi connectivity index (χ1n) is 9.14. The van der Waals surface area contributed by atoms with E-state index < -0.39 is 5.95 Å². The number of nitrogens with zero attached hydrogens (tertiary/aromatic N) is 2. The van der Waals surface area contributed by atoms with E-state index in [0.29, 0.717) is 28.6 Å². The molecular formula is C20H19ClFN3O. The van der Waals surface area contributed by atoms with Gasteiger partial charge in [-0.05, 0) is 67.3 Å². The van der Waals surface area contributed by atoms with Gasteiger partial charge in [0, 0.05) is 28.5 Å². The molecule has 26 heavy (non-hydrogen) atoms. The molecule has 0 radical (unpaired) electrons. The summed E-state index contributed by atoms with van der Waals surface area (Å²) >= 11 is 6.37. The lowest BCUT2D eigenvalue weighted by atomic mass is 9.95. The third kappa shape index (κ3) is 2.57. The van der Waals surface area contributed by atoms with Crippen LogP contribution in [-0.2, 0) is 6.42 Å². The number of pyridine rings is 1. The highest BCUT2D eigenvalue weighted by Gasteiger charge is 2.43. The van der Waals surface area contributed by atoms with Crippen LogP contribution in [-0.4, -0.2) is 22.0 Å². The van der Waals surface area contributed by atoms with Crippen LogP contribution in [0, 0.1) is 5.95 Å². The number of amides is 2. The Morgan fingerprint density at radius 1 is 1.19 bits per heavy atom. The molecule has 4 nitrogen and oxygen atoms in total. The van der Waals surface area contributed by atoms with Crippen molar-refractivity contribution in [3.63, 3.8) is 0 Å². The Balaban J connectivity index is 1.39. The summed E-state index contributed by atoms with van der Waals surface area (Å²) in [6.07, 6.45) is 6.13. The van der Waals surface area contributed by atoms with Crippen molar-refractivity contribution >= 4 is 23.3 Å². The molecule has 134 valence electrons. The molecule has 2 atom stereocenters. The van der Waals surface area contributed by atoms with Crippen molar-refractivity contribution in [1.29, 1.82) is 0 Å². The summed E-state index contributed by atoms with van der Waals surface area (Å²) in [7, 11) is 0. The summed E-state index contributed by atoms with van der Waals surface area (Å²) in [5.41, 5.74) is 3.43. The molecular weight excluding hydrogens is 353 g/mol. The third-order valence-electron chi connectivity index (χ3n) is 5.84. The number of hydrogen-bond acceptors (Lipinski definition) is 2. The first-order valence-corrected chi connectivity index (χ1v) is 9.51. The van der Waals surface area contributed by atoms with Crippen LogP contribution in [0.4, 0.5) is 14.9 Å². The maximum atomic E-state index is 14.0. The largest absolute Gasteiger partial charge is 0.322 e. The number of hydrogen-bond donors (Lipinski definition) is 1. The molecule has 0 unspecified atom stereocenters. The van der Waals surface area contributed by atoms with Gasteiger partial charge < -0.3 is 10.2 Å². The van der Waals surface area contributed by atoms with Crippen molar-refractivity contribution in [2.45, 2.75) is 50.1 Å². The van der Waals surface area contributed by atoms with Gasteiger partial charge in [0.25, 0.3) is 0 Å². The molecule has 5 rings (SSSR count). The zero-order valence-electron chi connectivity index (χ0n) is 14.2. The Morgan fingerprint density at radius 3 is 2.81 bits per heavy atom. The lowest BCUT2D eigenvalue weighted by Gasteiger charge is -2.36. The lowest BCUT2D eigenvalue weighted by Crippen LogP contribution is -2.44. The average Bonchev–Trinajstić information content (AvgIpc) is 3.40. The van der Waals surface area contributed by atoms with Crippen LogP contribution in [0.15, 0.2) is 30.5 Å². The fourth-order valence-corrected chi connectivity index (χ4v) is 4.78. The molecule has 1 N–H and O–H groups in total. The minimum atomic E-state index is -0.401. The monoisotopic (exact) mass is 371 g/mol. The Kier molecular flexibility index (Phi) is 3.67. The molecule has 6 heteroatoms. The summed E-state index contributed by atoms with van der Waals surface area (Å²) in [6, 6.07) is 7.39. The van der Waals surface area contributed by atoms with Gasteiger partial charge in [0.15, 0.2) is 0 Å². The minimum Gasteiger partial charge on any atom is -0.314 e. The van der Waals surface area contributed by atoms with Crippen LogP contribution in [0.2, 0.25) is 5.02 Å². The van der Waals surface area contributed by atoms with E-state index in [1.54, 1.807) is 0 Å². The molecule has 1 aromatic carbocycles. The average molecular weight is 372 g/mol. The second-order valence-corrected chi connectivity index (χ2v) is 7.88. The van der Waals surface area contributed by atoms with Gasteiger partial charge in [-0.1, -0.05) is 17.7 Å². The highest BCUT2D eigenvalue weighted by molar-refractivity contribution is 6.31. The highest BCUT2D eigenvalue weighted by Crippen LogP contribution is 2.45. The van der Waals surface area contributed by atoms with Crippen LogP contribution in [0.1, 0.15) is 54.3 Å². The molecule has 1 aliphatic carbocycles. The van der Waals surface area contributed by atoms with E-state index in [1.807, 2.05) is 29.2 Å². The molecule has 2 bridgehead atoms. The topological polar surface area (TPSA) is 45.2 Å². The van der Waals surface area contributed by atoms with Gasteiger partial charge in [-0.15, -0.1) is 0 Å². The van der Waals surface area contributed by atoms with Gasteiger partial charge in [-0.25, -0.2) is 9.78 Å². The van der Waals surface area contributed by atoms with E-state index in [0.717, 1.165) is 18.4 Å². The molecule has 1 aromatic heterocycles. The van der Waals surface area contributed by atoms with E-state index in [9.17, 15) is 9.18 Å². The number of carbonyl (C=O) groups excluding carboxylic acids is 1. The first-order chi connectivity index (χ1) is 12.6. The fraction of sp³-hybridized carbons (Fsp3) is 0.400. The molecule has 0 spiro atoms. The van der Waals surface area contributed by atoms with E-state index in [2.05, 4.69) is 10.3 Å². The lowest BCUT2D eigenvalue weighted by molar-refractivity contribution is 0.178. The second-order valence-electron chi connectivity index (χ2n) is 7.47. The predicted octanol–water partition coefficient (Wildman–Crippen LogP) is 5.05. The minimum absolute atomic E-state index is 0.0207. The summed E-state index contributed by atoms with van der Waals surface area (Å²) < 4.78 is 14.0. The van der Waals surface area contributed by atoms with Crippen molar-refractivity contribution in [1.82, 2.24) is 9.88 Å². The normalized spacial score (nSPS) is 23.7. The van der Waals surface area contributed by atoms with Crippen molar-refractivity contribution in [2.24, 2.45) is 0 Å². The maximum Gasteiger partial charge on any atom is 0.322 e. The predicted molar refractivity (Wildman–Crippen MR) is 97.9 cm³/mol. The van der Waals surface area contributed by atoms with Crippen LogP contribution in [0.5, 0.6) is 0 Å². The Labute approximate surface area is 156 Å². The second kappa shape index (κ2) is 5.95. The van der Waals surface area contributed by atoms with Gasteiger partial charge >= 0.3 is 6.03 Å². The maximum absolute atomic E-state index is 14.0. The van der Waals surface area contributed by atoms with Crippen LogP contribution < -0.4 is 5.32 Å². The molecule has 3 heterocycles. The zero-order valence-corrected chi connectivity index (χ0v) is 15.0. The van der Waals surface area contributed by atoms with Crippen molar-refractivity contribution in [2.75, 3.05) is 5.32 Å². The number of fused-ring (bicyclic) bond motifs is 4. The highest BCUT2D eigenvalue weighted by atomic mass is 35.5. The van der Waals surface area contributed by atoms with Crippen molar-refractivity contribution < 1.29 is 9.18 Å². The van der Waals surface area contributed by atoms with Crippen LogP contribution in [0.25, 0.3) is 0 Å². The number of benzene rings is 1. The smallest absolute Gasteiger partial charge is 0.314 e. The van der Waals surface area contributed by atoms with Crippen LogP contribution >= 0.6 is 11.6 Å². The quantitative estimate of drug-likeness (QED) is 0.751. The fourth-order valence-electron chi connectivity index (χ4n) is 4.44. The van der Waals surface area contributed by atoms with Gasteiger partial charge in [-0.2, -0.15) is 4.39 Å². The Bertz CT molecular complexity index is 899. The number of aromatic nitrogens is 1. The number of halogens is 2. The first kappa shape index (κ1) is 16.1. The van der Waals surface area contributed by atoms with Crippen molar-refractivity contribution in [3.8, 4) is 0 Å². The SMILES string of the molecule is O=C(Nc1ccc(C2CC2)c(Cl)c1)N1[C@H]2CC[C@@H]1c1ccnc(F)c1C2. The zero-order chi connectivity index (χ0) is 17.8. The summed E-state index contributed by atoms with van der Waals surface area (Å²) in [6.45, 7) is 0. The molecule has 2 amide bonds.